The van der Waals surface area contributed by atoms with Gasteiger partial charge in [0.1, 0.15) is 0 Å². The largest absolute Gasteiger partial charge is 0.375 e. The van der Waals surface area contributed by atoms with Crippen molar-refractivity contribution in [3.05, 3.63) is 328 Å². The van der Waals surface area contributed by atoms with Crippen LogP contribution in [0.3, 0.4) is 0 Å². The fourth-order valence-corrected chi connectivity index (χ4v) is 18.5. The van der Waals surface area contributed by atoms with Crippen LogP contribution in [0.5, 0.6) is 0 Å². The summed E-state index contributed by atoms with van der Waals surface area (Å²) >= 11 is 0. The van der Waals surface area contributed by atoms with Crippen LogP contribution in [-0.2, 0) is 0 Å². The predicted octanol–water partition coefficient (Wildman–Crippen LogP) is 20.3. The third-order valence-electron chi connectivity index (χ3n) is 22.2. The second-order valence-electron chi connectivity index (χ2n) is 27.0. The van der Waals surface area contributed by atoms with Crippen molar-refractivity contribution in [2.24, 2.45) is 0 Å². The molecule has 4 aliphatic heterocycles. The Bertz CT molecular complexity index is 6270. The highest BCUT2D eigenvalue weighted by molar-refractivity contribution is 6.93. The topological polar surface area (TPSA) is 26.2 Å². The van der Waals surface area contributed by atoms with Gasteiger partial charge in [-0.3, -0.25) is 0 Å². The van der Waals surface area contributed by atoms with E-state index < -0.39 is 0 Å². The van der Waals surface area contributed by atoms with Crippen LogP contribution in [0.25, 0.3) is 143 Å². The molecule has 4 aromatic heterocycles. The third kappa shape index (κ3) is 6.82. The lowest BCUT2D eigenvalue weighted by molar-refractivity contribution is 1.18. The highest BCUT2D eigenvalue weighted by Gasteiger charge is 2.49. The first-order valence-electron chi connectivity index (χ1n) is 34.1. The Hall–Kier alpha value is -12.8. The summed E-state index contributed by atoms with van der Waals surface area (Å²) in [6.45, 7) is -0.486. The van der Waals surface area contributed by atoms with Crippen molar-refractivity contribution >= 4 is 157 Å². The van der Waals surface area contributed by atoms with Crippen molar-refractivity contribution in [3.8, 4) is 55.9 Å². The van der Waals surface area contributed by atoms with Crippen molar-refractivity contribution in [1.29, 1.82) is 0 Å². The predicted molar refractivity (Wildman–Crippen MR) is 413 cm³/mol. The van der Waals surface area contributed by atoms with Crippen LogP contribution in [0.1, 0.15) is 0 Å². The number of rotatable bonds is 6. The number of nitrogens with zero attached hydrogens (tertiary/aromatic N) is 6. The molecule has 450 valence electrons. The molecule has 19 aromatic rings. The molecule has 0 saturated heterocycles. The molecule has 0 radical (unpaired) electrons. The molecule has 4 aliphatic rings. The number of hydrogen-bond donors (Lipinski definition) is 0. The Labute approximate surface area is 564 Å². The molecular formula is C90H54B2N6. The minimum Gasteiger partial charge on any atom is -0.375 e. The van der Waals surface area contributed by atoms with Crippen LogP contribution in [0.15, 0.2) is 328 Å². The maximum atomic E-state index is 2.78. The van der Waals surface area contributed by atoms with E-state index in [0.29, 0.717) is 0 Å². The summed E-state index contributed by atoms with van der Waals surface area (Å²) in [5, 5.41) is 10.1. The minimum atomic E-state index is -0.243. The van der Waals surface area contributed by atoms with Gasteiger partial charge in [-0.1, -0.05) is 212 Å². The van der Waals surface area contributed by atoms with Gasteiger partial charge in [-0.05, 0) is 170 Å². The molecule has 0 atom stereocenters. The number of fused-ring (bicyclic) bond motifs is 22. The maximum absolute atomic E-state index is 2.78. The van der Waals surface area contributed by atoms with Crippen molar-refractivity contribution in [3.63, 3.8) is 0 Å². The lowest BCUT2D eigenvalue weighted by Gasteiger charge is -2.44. The standard InChI is InChI=1S/C90H54B2N6/c1-7-25-55(26-8-1)57-45-47-75-69(49-57)85-83-65-37-19-21-41-73(65)93(59-29-11-3-12-30-59)81(83)51-67-63-39-23-43-77-87(63)91(97(75)89(67)85)71-53-72-80(54-79(71)95(77)61-33-15-5-16-34-61)96(62-35-17-6-18-36-62)78-44-24-40-64-68-52-82-84(66-38-20-22-42-74(66)94(82)60-31-13-4-14-32-60)86-70-50-58(56-27-9-2-10-28-56)46-48-76(70)98(90(68)86)92(72)88(64)78/h1-54H. The van der Waals surface area contributed by atoms with E-state index in [9.17, 15) is 0 Å². The molecule has 0 amide bonds. The zero-order valence-corrected chi connectivity index (χ0v) is 53.0. The molecule has 23 rings (SSSR count). The van der Waals surface area contributed by atoms with Crippen LogP contribution in [0.4, 0.5) is 34.1 Å². The fraction of sp³-hybridized carbons (Fsp3) is 0. The van der Waals surface area contributed by atoms with Gasteiger partial charge in [-0.2, -0.15) is 0 Å². The Balaban J connectivity index is 0.883. The van der Waals surface area contributed by atoms with E-state index in [1.807, 2.05) is 0 Å². The fourth-order valence-electron chi connectivity index (χ4n) is 18.5. The zero-order valence-electron chi connectivity index (χ0n) is 53.0. The molecule has 6 nitrogen and oxygen atoms in total. The number of para-hydroxylation sites is 6. The van der Waals surface area contributed by atoms with Gasteiger partial charge < -0.3 is 27.9 Å². The first kappa shape index (κ1) is 52.6. The summed E-state index contributed by atoms with van der Waals surface area (Å²) in [6.07, 6.45) is 0. The Morgan fingerprint density at radius 3 is 1.01 bits per heavy atom. The number of anilines is 6. The first-order valence-corrected chi connectivity index (χ1v) is 34.1. The van der Waals surface area contributed by atoms with Crippen molar-refractivity contribution < 1.29 is 0 Å². The van der Waals surface area contributed by atoms with Crippen LogP contribution >= 0.6 is 0 Å². The summed E-state index contributed by atoms with van der Waals surface area (Å²) < 4.78 is 10.6. The van der Waals surface area contributed by atoms with Crippen LogP contribution in [0.2, 0.25) is 0 Å². The Morgan fingerprint density at radius 1 is 0.214 bits per heavy atom. The van der Waals surface area contributed by atoms with Crippen LogP contribution in [-0.4, -0.2) is 31.8 Å². The normalized spacial score (nSPS) is 13.2. The van der Waals surface area contributed by atoms with E-state index in [4.69, 9.17) is 0 Å². The third-order valence-corrected chi connectivity index (χ3v) is 22.2. The van der Waals surface area contributed by atoms with Gasteiger partial charge in [-0.25, -0.2) is 0 Å². The highest BCUT2D eigenvalue weighted by Crippen LogP contribution is 2.54. The van der Waals surface area contributed by atoms with E-state index in [-0.39, 0.29) is 13.7 Å². The molecule has 0 unspecified atom stereocenters. The van der Waals surface area contributed by atoms with Crippen molar-refractivity contribution in [2.45, 2.75) is 0 Å². The molecule has 0 aliphatic carbocycles. The summed E-state index contributed by atoms with van der Waals surface area (Å²) in [6, 6.07) is 124. The molecule has 0 saturated carbocycles. The van der Waals surface area contributed by atoms with E-state index in [0.717, 1.165) is 34.1 Å². The lowest BCUT2D eigenvalue weighted by Crippen LogP contribution is -2.61. The van der Waals surface area contributed by atoms with E-state index in [1.54, 1.807) is 0 Å². The van der Waals surface area contributed by atoms with Crippen molar-refractivity contribution in [2.75, 3.05) is 9.80 Å². The van der Waals surface area contributed by atoms with Crippen molar-refractivity contribution in [1.82, 2.24) is 18.1 Å². The maximum Gasteiger partial charge on any atom is 0.333 e. The molecule has 8 heterocycles. The second kappa shape index (κ2) is 19.4. The number of aromatic nitrogens is 4. The highest BCUT2D eigenvalue weighted by atomic mass is 15.2. The summed E-state index contributed by atoms with van der Waals surface area (Å²) in [5.74, 6) is 0. The van der Waals surface area contributed by atoms with Gasteiger partial charge in [0.15, 0.2) is 0 Å². The van der Waals surface area contributed by atoms with Gasteiger partial charge in [0.2, 0.25) is 0 Å². The van der Waals surface area contributed by atoms with Gasteiger partial charge in [0.05, 0.1) is 22.1 Å². The average Bonchev–Trinajstić information content (AvgIpc) is 1.39. The number of hydrogen-bond acceptors (Lipinski definition) is 2. The Morgan fingerprint density at radius 2 is 0.592 bits per heavy atom. The first-order chi connectivity index (χ1) is 48.7. The quantitative estimate of drug-likeness (QED) is 0.155. The van der Waals surface area contributed by atoms with Gasteiger partial charge in [0.25, 0.3) is 0 Å². The molecule has 0 fully saturated rings. The van der Waals surface area contributed by atoms with Gasteiger partial charge in [-0.15, -0.1) is 0 Å². The van der Waals surface area contributed by atoms with E-state index in [1.165, 1.54) is 165 Å². The molecule has 98 heavy (non-hydrogen) atoms. The van der Waals surface area contributed by atoms with Gasteiger partial charge >= 0.3 is 13.7 Å². The number of benzene rings is 15. The summed E-state index contributed by atoms with van der Waals surface area (Å²) in [4.78, 5) is 5.18. The summed E-state index contributed by atoms with van der Waals surface area (Å²) in [7, 11) is 0. The summed E-state index contributed by atoms with van der Waals surface area (Å²) in [5.41, 5.74) is 33.8. The van der Waals surface area contributed by atoms with Gasteiger partial charge in [0, 0.05) is 122 Å². The molecule has 0 spiro atoms. The molecular weight excluding hydrogens is 1190 g/mol. The lowest BCUT2D eigenvalue weighted by atomic mass is 9.41. The van der Waals surface area contributed by atoms with Crippen LogP contribution < -0.4 is 31.7 Å². The van der Waals surface area contributed by atoms with Crippen LogP contribution in [0, 0.1) is 0 Å². The average molecular weight is 1240 g/mol. The zero-order chi connectivity index (χ0) is 63.6. The SMILES string of the molecule is c1ccc(-c2ccc3c(c2)c2c4c5ccccc5n(-c5ccccc5)c4cc4c2n3B2c3cc5c(cc3N(c3ccccc3)c3cccc-4c32)N(c2ccccc2)c2cccc3c2B5n2c4ccc(-c5ccccc5)cc4c4c5c6ccccc6n(-c6ccccc6)c5cc-3c42)cc1. The molecule has 8 heteroatoms. The Kier molecular flexibility index (Phi) is 10.4. The monoisotopic (exact) mass is 1240 g/mol. The second-order valence-corrected chi connectivity index (χ2v) is 27.0. The van der Waals surface area contributed by atoms with E-state index >= 15 is 0 Å². The minimum absolute atomic E-state index is 0.243. The molecule has 15 aromatic carbocycles. The smallest absolute Gasteiger partial charge is 0.333 e. The molecule has 0 N–H and O–H groups in total. The van der Waals surface area contributed by atoms with E-state index in [2.05, 4.69) is 355 Å². The molecule has 0 bridgehead atoms.